The van der Waals surface area contributed by atoms with Crippen LogP contribution < -0.4 is 5.32 Å². The highest BCUT2D eigenvalue weighted by Crippen LogP contribution is 2.20. The van der Waals surface area contributed by atoms with Crippen LogP contribution in [0.15, 0.2) is 24.3 Å². The van der Waals surface area contributed by atoms with Crippen molar-refractivity contribution in [2.24, 2.45) is 0 Å². The molecule has 0 atom stereocenters. The second-order valence-electron chi connectivity index (χ2n) is 4.69. The SMILES string of the molecule is CCn1nc(C)c(Cl)c1CNCc1ccccc1C. The molecule has 4 heteroatoms. The predicted molar refractivity (Wildman–Crippen MR) is 79.4 cm³/mol. The lowest BCUT2D eigenvalue weighted by atomic mass is 10.1. The standard InChI is InChI=1S/C15H20ClN3/c1-4-19-14(15(16)12(3)18-19)10-17-9-13-8-6-5-7-11(13)2/h5-8,17H,4,9-10H2,1-3H3. The minimum Gasteiger partial charge on any atom is -0.307 e. The Hall–Kier alpha value is -1.32. The van der Waals surface area contributed by atoms with Crippen LogP contribution in [-0.4, -0.2) is 9.78 Å². The first kappa shape index (κ1) is 14.1. The van der Waals surface area contributed by atoms with Gasteiger partial charge >= 0.3 is 0 Å². The number of aryl methyl sites for hydroxylation is 3. The summed E-state index contributed by atoms with van der Waals surface area (Å²) in [5, 5.41) is 8.64. The van der Waals surface area contributed by atoms with Crippen LogP contribution in [0, 0.1) is 13.8 Å². The van der Waals surface area contributed by atoms with Gasteiger partial charge in [0, 0.05) is 19.6 Å². The predicted octanol–water partition coefficient (Wildman–Crippen LogP) is 3.46. The zero-order valence-electron chi connectivity index (χ0n) is 11.7. The summed E-state index contributed by atoms with van der Waals surface area (Å²) in [5.41, 5.74) is 4.59. The molecule has 0 saturated heterocycles. The lowest BCUT2D eigenvalue weighted by Gasteiger charge is -2.09. The monoisotopic (exact) mass is 277 g/mol. The van der Waals surface area contributed by atoms with Gasteiger partial charge in [-0.2, -0.15) is 5.10 Å². The topological polar surface area (TPSA) is 29.9 Å². The van der Waals surface area contributed by atoms with Crippen molar-refractivity contribution in [2.45, 2.75) is 40.4 Å². The highest BCUT2D eigenvalue weighted by Gasteiger charge is 2.11. The van der Waals surface area contributed by atoms with Crippen molar-refractivity contribution >= 4 is 11.6 Å². The molecular formula is C15H20ClN3. The number of nitrogens with one attached hydrogen (secondary N) is 1. The van der Waals surface area contributed by atoms with Crippen LogP contribution in [0.1, 0.15) is 29.4 Å². The van der Waals surface area contributed by atoms with Gasteiger partial charge < -0.3 is 5.32 Å². The molecule has 0 unspecified atom stereocenters. The van der Waals surface area contributed by atoms with Crippen LogP contribution in [0.3, 0.4) is 0 Å². The van der Waals surface area contributed by atoms with Gasteiger partial charge in [0.2, 0.25) is 0 Å². The third-order valence-corrected chi connectivity index (χ3v) is 3.81. The van der Waals surface area contributed by atoms with Crippen LogP contribution in [0.25, 0.3) is 0 Å². The Morgan fingerprint density at radius 2 is 1.95 bits per heavy atom. The molecule has 0 radical (unpaired) electrons. The number of nitrogens with zero attached hydrogens (tertiary/aromatic N) is 2. The molecule has 0 bridgehead atoms. The molecule has 0 amide bonds. The second-order valence-corrected chi connectivity index (χ2v) is 5.07. The fourth-order valence-electron chi connectivity index (χ4n) is 2.16. The maximum absolute atomic E-state index is 6.28. The summed E-state index contributed by atoms with van der Waals surface area (Å²) < 4.78 is 1.96. The van der Waals surface area contributed by atoms with Crippen molar-refractivity contribution in [1.82, 2.24) is 15.1 Å². The number of aromatic nitrogens is 2. The van der Waals surface area contributed by atoms with E-state index < -0.39 is 0 Å². The Morgan fingerprint density at radius 3 is 2.63 bits per heavy atom. The fraction of sp³-hybridized carbons (Fsp3) is 0.400. The third-order valence-electron chi connectivity index (χ3n) is 3.32. The number of hydrogen-bond acceptors (Lipinski definition) is 2. The van der Waals surface area contributed by atoms with E-state index in [1.807, 2.05) is 11.6 Å². The molecular weight excluding hydrogens is 258 g/mol. The Bertz CT molecular complexity index is 561. The average Bonchev–Trinajstić information content (AvgIpc) is 2.68. The number of halogens is 1. The molecule has 3 nitrogen and oxygen atoms in total. The smallest absolute Gasteiger partial charge is 0.0860 e. The van der Waals surface area contributed by atoms with Crippen LogP contribution in [0.2, 0.25) is 5.02 Å². The summed E-state index contributed by atoms with van der Waals surface area (Å²) in [6.45, 7) is 8.57. The van der Waals surface area contributed by atoms with E-state index in [-0.39, 0.29) is 0 Å². The average molecular weight is 278 g/mol. The van der Waals surface area contributed by atoms with Gasteiger partial charge in [0.15, 0.2) is 0 Å². The molecule has 102 valence electrons. The molecule has 0 aliphatic rings. The molecule has 0 spiro atoms. The summed E-state index contributed by atoms with van der Waals surface area (Å²) in [6, 6.07) is 8.40. The molecule has 1 heterocycles. The van der Waals surface area contributed by atoms with Gasteiger partial charge in [0.1, 0.15) is 0 Å². The van der Waals surface area contributed by atoms with Crippen LogP contribution in [0.5, 0.6) is 0 Å². The minimum absolute atomic E-state index is 0.738. The van der Waals surface area contributed by atoms with Crippen molar-refractivity contribution in [3.63, 3.8) is 0 Å². The number of hydrogen-bond donors (Lipinski definition) is 1. The maximum atomic E-state index is 6.28. The van der Waals surface area contributed by atoms with Crippen molar-refractivity contribution < 1.29 is 0 Å². The van der Waals surface area contributed by atoms with E-state index in [1.165, 1.54) is 11.1 Å². The zero-order valence-corrected chi connectivity index (χ0v) is 12.5. The Balaban J connectivity index is 2.02. The number of rotatable bonds is 5. The summed E-state index contributed by atoms with van der Waals surface area (Å²) in [4.78, 5) is 0. The molecule has 19 heavy (non-hydrogen) atoms. The lowest BCUT2D eigenvalue weighted by Crippen LogP contribution is -2.17. The van der Waals surface area contributed by atoms with Gasteiger partial charge in [-0.3, -0.25) is 4.68 Å². The van der Waals surface area contributed by atoms with E-state index in [0.717, 1.165) is 36.0 Å². The first-order chi connectivity index (χ1) is 9.13. The lowest BCUT2D eigenvalue weighted by molar-refractivity contribution is 0.579. The number of benzene rings is 1. The van der Waals surface area contributed by atoms with E-state index in [0.29, 0.717) is 0 Å². The fourth-order valence-corrected chi connectivity index (χ4v) is 2.36. The van der Waals surface area contributed by atoms with E-state index in [2.05, 4.69) is 48.5 Å². The molecule has 0 aliphatic carbocycles. The van der Waals surface area contributed by atoms with Gasteiger partial charge in [-0.25, -0.2) is 0 Å². The third kappa shape index (κ3) is 3.17. The van der Waals surface area contributed by atoms with Gasteiger partial charge in [0.25, 0.3) is 0 Å². The second kappa shape index (κ2) is 6.22. The molecule has 0 saturated carbocycles. The molecule has 2 aromatic rings. The summed E-state index contributed by atoms with van der Waals surface area (Å²) in [5.74, 6) is 0. The van der Waals surface area contributed by atoms with Gasteiger partial charge in [-0.05, 0) is 31.9 Å². The molecule has 0 fully saturated rings. The Labute approximate surface area is 119 Å². The first-order valence-corrected chi connectivity index (χ1v) is 6.98. The first-order valence-electron chi connectivity index (χ1n) is 6.60. The van der Waals surface area contributed by atoms with Crippen molar-refractivity contribution in [2.75, 3.05) is 0 Å². The molecule has 1 aromatic carbocycles. The highest BCUT2D eigenvalue weighted by molar-refractivity contribution is 6.31. The Morgan fingerprint density at radius 1 is 1.21 bits per heavy atom. The normalized spacial score (nSPS) is 10.9. The molecule has 2 rings (SSSR count). The largest absolute Gasteiger partial charge is 0.307 e. The van der Waals surface area contributed by atoms with E-state index >= 15 is 0 Å². The maximum Gasteiger partial charge on any atom is 0.0860 e. The van der Waals surface area contributed by atoms with Gasteiger partial charge in [-0.1, -0.05) is 35.9 Å². The van der Waals surface area contributed by atoms with Crippen molar-refractivity contribution in [3.05, 3.63) is 51.8 Å². The summed E-state index contributed by atoms with van der Waals surface area (Å²) in [6.07, 6.45) is 0. The molecule has 1 aromatic heterocycles. The van der Waals surface area contributed by atoms with Gasteiger partial charge in [-0.15, -0.1) is 0 Å². The quantitative estimate of drug-likeness (QED) is 0.907. The van der Waals surface area contributed by atoms with Crippen molar-refractivity contribution in [1.29, 1.82) is 0 Å². The van der Waals surface area contributed by atoms with Crippen molar-refractivity contribution in [3.8, 4) is 0 Å². The molecule has 1 N–H and O–H groups in total. The van der Waals surface area contributed by atoms with Crippen LogP contribution in [0.4, 0.5) is 0 Å². The highest BCUT2D eigenvalue weighted by atomic mass is 35.5. The van der Waals surface area contributed by atoms with Crippen LogP contribution in [-0.2, 0) is 19.6 Å². The molecule has 0 aliphatic heterocycles. The van der Waals surface area contributed by atoms with Crippen LogP contribution >= 0.6 is 11.6 Å². The minimum atomic E-state index is 0.738. The van der Waals surface area contributed by atoms with E-state index in [9.17, 15) is 0 Å². The Kier molecular flexibility index (Phi) is 4.61. The van der Waals surface area contributed by atoms with E-state index in [4.69, 9.17) is 11.6 Å². The summed E-state index contributed by atoms with van der Waals surface area (Å²) >= 11 is 6.28. The zero-order chi connectivity index (χ0) is 13.8. The van der Waals surface area contributed by atoms with E-state index in [1.54, 1.807) is 0 Å². The van der Waals surface area contributed by atoms with Gasteiger partial charge in [0.05, 0.1) is 16.4 Å². The summed E-state index contributed by atoms with van der Waals surface area (Å²) in [7, 11) is 0.